The fraction of sp³-hybridized carbons (Fsp3) is 0.167. The molecule has 0 fully saturated rings. The van der Waals surface area contributed by atoms with Gasteiger partial charge in [0.05, 0.1) is 5.52 Å². The smallest absolute Gasteiger partial charge is 0.260 e. The molecule has 2 N–H and O–H groups in total. The highest BCUT2D eigenvalue weighted by molar-refractivity contribution is 5.94. The van der Waals surface area contributed by atoms with E-state index in [1.54, 1.807) is 19.1 Å². The monoisotopic (exact) mass is 307 g/mol. The van der Waals surface area contributed by atoms with Crippen LogP contribution in [0.5, 0.6) is 0 Å². The summed E-state index contributed by atoms with van der Waals surface area (Å²) >= 11 is 0. The summed E-state index contributed by atoms with van der Waals surface area (Å²) in [7, 11) is 0. The molecule has 0 radical (unpaired) electrons. The molecular weight excluding hydrogens is 290 g/mol. The number of para-hydroxylation sites is 1. The number of aromatic amines is 1. The highest BCUT2D eigenvalue weighted by atomic mass is 16.2. The first kappa shape index (κ1) is 15.0. The van der Waals surface area contributed by atoms with Gasteiger partial charge in [0, 0.05) is 23.3 Å². The van der Waals surface area contributed by atoms with Gasteiger partial charge >= 0.3 is 0 Å². The van der Waals surface area contributed by atoms with E-state index < -0.39 is 0 Å². The van der Waals surface area contributed by atoms with Gasteiger partial charge in [0.25, 0.3) is 11.5 Å². The van der Waals surface area contributed by atoms with Crippen LogP contribution in [0.25, 0.3) is 10.9 Å². The first-order valence-electron chi connectivity index (χ1n) is 7.38. The number of aromatic nitrogens is 2. The number of nitrogens with zero attached hydrogens (tertiary/aromatic N) is 1. The molecule has 1 aromatic carbocycles. The molecule has 0 saturated carbocycles. The van der Waals surface area contributed by atoms with Gasteiger partial charge in [-0.2, -0.15) is 0 Å². The Morgan fingerprint density at radius 1 is 1.17 bits per heavy atom. The van der Waals surface area contributed by atoms with Crippen LogP contribution in [-0.2, 0) is 6.54 Å². The normalized spacial score (nSPS) is 10.7. The average Bonchev–Trinajstić information content (AvgIpc) is 2.52. The minimum Gasteiger partial charge on any atom is -0.348 e. The van der Waals surface area contributed by atoms with Crippen molar-refractivity contribution in [2.45, 2.75) is 20.4 Å². The van der Waals surface area contributed by atoms with Gasteiger partial charge in [0.15, 0.2) is 0 Å². The summed E-state index contributed by atoms with van der Waals surface area (Å²) in [5.74, 6) is -0.384. The molecule has 0 aliphatic rings. The maximum atomic E-state index is 12.2. The minimum absolute atomic E-state index is 0.116. The van der Waals surface area contributed by atoms with E-state index in [1.165, 1.54) is 0 Å². The third-order valence-electron chi connectivity index (χ3n) is 3.67. The Morgan fingerprint density at radius 2 is 1.96 bits per heavy atom. The number of H-pyrrole nitrogens is 1. The van der Waals surface area contributed by atoms with Gasteiger partial charge in [-0.3, -0.25) is 14.6 Å². The van der Waals surface area contributed by atoms with Crippen molar-refractivity contribution in [3.8, 4) is 0 Å². The molecule has 2 heterocycles. The molecule has 0 bridgehead atoms. The van der Waals surface area contributed by atoms with Crippen LogP contribution in [0.4, 0.5) is 0 Å². The molecule has 0 aliphatic carbocycles. The van der Waals surface area contributed by atoms with Gasteiger partial charge < -0.3 is 10.3 Å². The number of fused-ring (bicyclic) bond motifs is 1. The molecule has 2 aromatic heterocycles. The Morgan fingerprint density at radius 3 is 2.74 bits per heavy atom. The van der Waals surface area contributed by atoms with E-state index in [9.17, 15) is 9.59 Å². The van der Waals surface area contributed by atoms with E-state index in [2.05, 4.69) is 15.3 Å². The van der Waals surface area contributed by atoms with E-state index >= 15 is 0 Å². The summed E-state index contributed by atoms with van der Waals surface area (Å²) in [5, 5.41) is 3.80. The average molecular weight is 307 g/mol. The van der Waals surface area contributed by atoms with Crippen LogP contribution in [-0.4, -0.2) is 15.9 Å². The van der Waals surface area contributed by atoms with E-state index in [1.807, 2.05) is 37.3 Å². The lowest BCUT2D eigenvalue weighted by Gasteiger charge is -2.09. The molecule has 3 rings (SSSR count). The van der Waals surface area contributed by atoms with Crippen LogP contribution >= 0.6 is 0 Å². The number of aryl methyl sites for hydroxylation is 2. The van der Waals surface area contributed by atoms with Gasteiger partial charge in [-0.1, -0.05) is 18.2 Å². The van der Waals surface area contributed by atoms with E-state index in [0.717, 1.165) is 27.9 Å². The zero-order valence-corrected chi connectivity index (χ0v) is 13.0. The van der Waals surface area contributed by atoms with Crippen molar-refractivity contribution in [2.24, 2.45) is 0 Å². The number of carbonyl (C=O) groups is 1. The predicted molar refractivity (Wildman–Crippen MR) is 89.4 cm³/mol. The first-order valence-corrected chi connectivity index (χ1v) is 7.38. The molecule has 116 valence electrons. The van der Waals surface area contributed by atoms with Crippen LogP contribution in [0.3, 0.4) is 0 Å². The zero-order chi connectivity index (χ0) is 16.4. The van der Waals surface area contributed by atoms with Gasteiger partial charge in [0.2, 0.25) is 0 Å². The molecule has 0 atom stereocenters. The largest absolute Gasteiger partial charge is 0.348 e. The number of hydrogen-bond acceptors (Lipinski definition) is 3. The summed E-state index contributed by atoms with van der Waals surface area (Å²) in [6.45, 7) is 4.04. The second-order valence-electron chi connectivity index (χ2n) is 5.51. The molecule has 0 spiro atoms. The number of amides is 1. The Kier molecular flexibility index (Phi) is 3.93. The third kappa shape index (κ3) is 3.13. The minimum atomic E-state index is -0.384. The highest BCUT2D eigenvalue weighted by Crippen LogP contribution is 2.18. The molecule has 0 aliphatic heterocycles. The molecule has 1 amide bonds. The second kappa shape index (κ2) is 6.04. The molecule has 23 heavy (non-hydrogen) atoms. The standard InChI is InChI=1S/C18H17N3O2/c1-11-7-8-15(18(23)21-11)17(22)19-10-13-9-12(2)20-16-6-4-3-5-14(13)16/h3-9H,10H2,1-2H3,(H,19,22)(H,21,23). The van der Waals surface area contributed by atoms with Crippen molar-refractivity contribution >= 4 is 16.8 Å². The summed E-state index contributed by atoms with van der Waals surface area (Å²) in [6, 6.07) is 13.0. The number of hydrogen-bond donors (Lipinski definition) is 2. The number of pyridine rings is 2. The lowest BCUT2D eigenvalue weighted by atomic mass is 10.1. The first-order chi connectivity index (χ1) is 11.0. The number of carbonyl (C=O) groups excluding carboxylic acids is 1. The van der Waals surface area contributed by atoms with Crippen molar-refractivity contribution < 1.29 is 4.79 Å². The number of nitrogens with one attached hydrogen (secondary N) is 2. The second-order valence-corrected chi connectivity index (χ2v) is 5.51. The summed E-state index contributed by atoms with van der Waals surface area (Å²) in [6.07, 6.45) is 0. The fourth-order valence-electron chi connectivity index (χ4n) is 2.56. The fourth-order valence-corrected chi connectivity index (χ4v) is 2.56. The Hall–Kier alpha value is -2.95. The molecule has 5 heteroatoms. The third-order valence-corrected chi connectivity index (χ3v) is 3.67. The van der Waals surface area contributed by atoms with Crippen molar-refractivity contribution in [1.82, 2.24) is 15.3 Å². The SMILES string of the molecule is Cc1cc(CNC(=O)c2ccc(C)[nH]c2=O)c2ccccc2n1. The Bertz CT molecular complexity index is 944. The number of rotatable bonds is 3. The van der Waals surface area contributed by atoms with Crippen molar-refractivity contribution in [2.75, 3.05) is 0 Å². The van der Waals surface area contributed by atoms with Crippen molar-refractivity contribution in [3.63, 3.8) is 0 Å². The summed E-state index contributed by atoms with van der Waals surface area (Å²) in [5.41, 5.74) is 3.22. The highest BCUT2D eigenvalue weighted by Gasteiger charge is 2.11. The summed E-state index contributed by atoms with van der Waals surface area (Å²) < 4.78 is 0. The van der Waals surface area contributed by atoms with Crippen molar-refractivity contribution in [3.05, 3.63) is 75.3 Å². The molecular formula is C18H17N3O2. The predicted octanol–water partition coefficient (Wildman–Crippen LogP) is 2.47. The van der Waals surface area contributed by atoms with Crippen LogP contribution in [0.2, 0.25) is 0 Å². The topological polar surface area (TPSA) is 74.8 Å². The molecule has 3 aromatic rings. The van der Waals surface area contributed by atoms with Gasteiger partial charge in [0.1, 0.15) is 5.56 Å². The Balaban J connectivity index is 1.86. The zero-order valence-electron chi connectivity index (χ0n) is 13.0. The van der Waals surface area contributed by atoms with E-state index in [0.29, 0.717) is 6.54 Å². The molecule has 0 unspecified atom stereocenters. The van der Waals surface area contributed by atoms with Crippen LogP contribution in [0.1, 0.15) is 27.3 Å². The van der Waals surface area contributed by atoms with Gasteiger partial charge in [-0.05, 0) is 43.7 Å². The van der Waals surface area contributed by atoms with Crippen LogP contribution in [0.15, 0.2) is 47.3 Å². The lowest BCUT2D eigenvalue weighted by molar-refractivity contribution is 0.0949. The van der Waals surface area contributed by atoms with Crippen molar-refractivity contribution in [1.29, 1.82) is 0 Å². The Labute approximate surface area is 133 Å². The van der Waals surface area contributed by atoms with E-state index in [4.69, 9.17) is 0 Å². The maximum Gasteiger partial charge on any atom is 0.260 e. The quantitative estimate of drug-likeness (QED) is 0.780. The molecule has 5 nitrogen and oxygen atoms in total. The lowest BCUT2D eigenvalue weighted by Crippen LogP contribution is -2.29. The van der Waals surface area contributed by atoms with E-state index in [-0.39, 0.29) is 17.0 Å². The van der Waals surface area contributed by atoms with Crippen LogP contribution < -0.4 is 10.9 Å². The summed E-state index contributed by atoms with van der Waals surface area (Å²) in [4.78, 5) is 31.2. The number of benzene rings is 1. The van der Waals surface area contributed by atoms with Crippen LogP contribution in [0, 0.1) is 13.8 Å². The maximum absolute atomic E-state index is 12.2. The molecule has 0 saturated heterocycles. The van der Waals surface area contributed by atoms with Gasteiger partial charge in [-0.15, -0.1) is 0 Å². The van der Waals surface area contributed by atoms with Gasteiger partial charge in [-0.25, -0.2) is 0 Å².